The summed E-state index contributed by atoms with van der Waals surface area (Å²) < 4.78 is 37.8. The van der Waals surface area contributed by atoms with Crippen molar-refractivity contribution in [2.45, 2.75) is 51.2 Å². The molecule has 1 aliphatic heterocycles. The molecule has 1 fully saturated rings. The Morgan fingerprint density at radius 2 is 1.72 bits per heavy atom. The van der Waals surface area contributed by atoms with Crippen molar-refractivity contribution in [3.63, 3.8) is 0 Å². The highest BCUT2D eigenvalue weighted by Crippen LogP contribution is 2.35. The minimum atomic E-state index is -3.41. The van der Waals surface area contributed by atoms with Gasteiger partial charge in [-0.1, -0.05) is 6.07 Å². The molecule has 0 bridgehead atoms. The van der Waals surface area contributed by atoms with Gasteiger partial charge in [0.1, 0.15) is 23.7 Å². The molecule has 0 radical (unpaired) electrons. The van der Waals surface area contributed by atoms with Crippen molar-refractivity contribution in [3.8, 4) is 5.75 Å². The molecular formula is C22H36BrF2N3O4. The standard InChI is InChI=1S/C10H10BrF2NO2.C9H17NO2.C3H9N/c1-16-8-4-6(2-3-7(8)11)10(12,13)9(14)5-15;1-9(2,3)12-8(11)10-6-4-5-7-10;1-4(2)3/h2-5,9H,14H2,1H3;4-7H2,1-3H3;1-3H3. The van der Waals surface area contributed by atoms with E-state index in [2.05, 4.69) is 15.9 Å². The SMILES string of the molecule is CC(C)(C)OC(=O)N1CCCC1.CN(C)C.COc1cc(C(F)(F)C(N)C=O)ccc1Br. The lowest BCUT2D eigenvalue weighted by atomic mass is 10.0. The maximum atomic E-state index is 13.6. The molecule has 0 spiro atoms. The predicted molar refractivity (Wildman–Crippen MR) is 125 cm³/mol. The van der Waals surface area contributed by atoms with Crippen LogP contribution in [0.5, 0.6) is 5.75 Å². The van der Waals surface area contributed by atoms with E-state index >= 15 is 0 Å². The molecule has 0 saturated carbocycles. The predicted octanol–water partition coefficient (Wildman–Crippen LogP) is 4.27. The normalized spacial score (nSPS) is 14.6. The highest BCUT2D eigenvalue weighted by atomic mass is 79.9. The van der Waals surface area contributed by atoms with Gasteiger partial charge in [-0.15, -0.1) is 0 Å². The van der Waals surface area contributed by atoms with Gasteiger partial charge in [0.25, 0.3) is 5.92 Å². The van der Waals surface area contributed by atoms with Gasteiger partial charge in [0.05, 0.1) is 11.6 Å². The molecule has 0 aliphatic carbocycles. The summed E-state index contributed by atoms with van der Waals surface area (Å²) in [5.41, 5.74) is 4.33. The number of ether oxygens (including phenoxy) is 2. The largest absolute Gasteiger partial charge is 0.496 e. The molecule has 184 valence electrons. The van der Waals surface area contributed by atoms with Gasteiger partial charge in [0.2, 0.25) is 0 Å². The zero-order chi connectivity index (χ0) is 25.1. The minimum absolute atomic E-state index is 0.0223. The van der Waals surface area contributed by atoms with Crippen LogP contribution >= 0.6 is 15.9 Å². The number of halogens is 3. The van der Waals surface area contributed by atoms with Crippen molar-refractivity contribution in [1.82, 2.24) is 9.80 Å². The average Bonchev–Trinajstić information content (AvgIpc) is 3.21. The fraction of sp³-hybridized carbons (Fsp3) is 0.636. The molecule has 1 aromatic carbocycles. The van der Waals surface area contributed by atoms with Crippen molar-refractivity contribution in [3.05, 3.63) is 28.2 Å². The summed E-state index contributed by atoms with van der Waals surface area (Å²) in [5.74, 6) is -3.15. The number of hydrogen-bond acceptors (Lipinski definition) is 6. The summed E-state index contributed by atoms with van der Waals surface area (Å²) >= 11 is 3.14. The number of rotatable bonds is 4. The highest BCUT2D eigenvalue weighted by Gasteiger charge is 2.39. The Kier molecular flexibility index (Phi) is 12.9. The van der Waals surface area contributed by atoms with Crippen LogP contribution in [0.25, 0.3) is 0 Å². The Morgan fingerprint density at radius 3 is 2.12 bits per heavy atom. The van der Waals surface area contributed by atoms with Gasteiger partial charge >= 0.3 is 6.09 Å². The molecule has 1 amide bonds. The molecule has 0 aromatic heterocycles. The number of benzene rings is 1. The molecule has 2 N–H and O–H groups in total. The molecule has 7 nitrogen and oxygen atoms in total. The highest BCUT2D eigenvalue weighted by molar-refractivity contribution is 9.10. The number of carbonyl (C=O) groups excluding carboxylic acids is 2. The maximum absolute atomic E-state index is 13.6. The van der Waals surface area contributed by atoms with Gasteiger partial charge in [-0.25, -0.2) is 4.79 Å². The number of likely N-dealkylation sites (tertiary alicyclic amines) is 1. The smallest absolute Gasteiger partial charge is 0.410 e. The van der Waals surface area contributed by atoms with Crippen LogP contribution in [-0.4, -0.2) is 75.2 Å². The van der Waals surface area contributed by atoms with Gasteiger partial charge in [-0.3, -0.25) is 0 Å². The van der Waals surface area contributed by atoms with Crippen molar-refractivity contribution in [1.29, 1.82) is 0 Å². The molecule has 2 rings (SSSR count). The second kappa shape index (κ2) is 13.7. The van der Waals surface area contributed by atoms with Crippen LogP contribution in [0.15, 0.2) is 22.7 Å². The number of nitrogens with two attached hydrogens (primary N) is 1. The number of amides is 1. The van der Waals surface area contributed by atoms with E-state index in [0.29, 0.717) is 4.47 Å². The van der Waals surface area contributed by atoms with Gasteiger partial charge in [-0.05, 0) is 82.8 Å². The van der Waals surface area contributed by atoms with Crippen molar-refractivity contribution >= 4 is 28.3 Å². The van der Waals surface area contributed by atoms with Crippen molar-refractivity contribution in [2.24, 2.45) is 5.73 Å². The van der Waals surface area contributed by atoms with Crippen molar-refractivity contribution in [2.75, 3.05) is 41.3 Å². The lowest BCUT2D eigenvalue weighted by molar-refractivity contribution is -0.118. The zero-order valence-corrected chi connectivity index (χ0v) is 21.5. The van der Waals surface area contributed by atoms with E-state index in [0.717, 1.165) is 32.0 Å². The second-order valence-corrected chi connectivity index (χ2v) is 9.50. The third-order valence-electron chi connectivity index (χ3n) is 3.86. The molecule has 32 heavy (non-hydrogen) atoms. The molecule has 10 heteroatoms. The van der Waals surface area contributed by atoms with E-state index in [1.54, 1.807) is 4.90 Å². The first kappa shape index (κ1) is 30.2. The first-order valence-corrected chi connectivity index (χ1v) is 11.0. The number of methoxy groups -OCH3 is 1. The summed E-state index contributed by atoms with van der Waals surface area (Å²) in [6.45, 7) is 7.38. The molecule has 1 unspecified atom stereocenters. The van der Waals surface area contributed by atoms with E-state index in [1.807, 2.05) is 46.8 Å². The fourth-order valence-corrected chi connectivity index (χ4v) is 2.78. The van der Waals surface area contributed by atoms with Gasteiger partial charge < -0.3 is 29.8 Å². The van der Waals surface area contributed by atoms with Gasteiger partial charge in [0, 0.05) is 18.7 Å². The van der Waals surface area contributed by atoms with Crippen molar-refractivity contribution < 1.29 is 27.8 Å². The summed E-state index contributed by atoms with van der Waals surface area (Å²) in [6.07, 6.45) is 2.08. The van der Waals surface area contributed by atoms with Crippen LogP contribution in [0.2, 0.25) is 0 Å². The molecule has 1 atom stereocenters. The number of alkyl halides is 2. The zero-order valence-electron chi connectivity index (χ0n) is 20.0. The Morgan fingerprint density at radius 1 is 1.22 bits per heavy atom. The molecule has 1 aromatic rings. The number of aldehydes is 1. The van der Waals surface area contributed by atoms with E-state index < -0.39 is 12.0 Å². The van der Waals surface area contributed by atoms with Crippen LogP contribution < -0.4 is 10.5 Å². The van der Waals surface area contributed by atoms with Crippen LogP contribution in [0.4, 0.5) is 13.6 Å². The fourth-order valence-electron chi connectivity index (χ4n) is 2.37. The third kappa shape index (κ3) is 11.2. The van der Waals surface area contributed by atoms with Crippen LogP contribution in [0.3, 0.4) is 0 Å². The number of hydrogen-bond donors (Lipinski definition) is 1. The lowest BCUT2D eigenvalue weighted by Gasteiger charge is -2.23. The second-order valence-electron chi connectivity index (χ2n) is 8.65. The number of nitrogens with zero attached hydrogens (tertiary/aromatic N) is 2. The Bertz CT molecular complexity index is 719. The van der Waals surface area contributed by atoms with Crippen LogP contribution in [0, 0.1) is 0 Å². The minimum Gasteiger partial charge on any atom is -0.496 e. The van der Waals surface area contributed by atoms with E-state index in [9.17, 15) is 18.4 Å². The molecular weight excluding hydrogens is 488 g/mol. The summed E-state index contributed by atoms with van der Waals surface area (Å²) in [6, 6.07) is 1.89. The summed E-state index contributed by atoms with van der Waals surface area (Å²) in [4.78, 5) is 25.4. The Balaban J connectivity index is 0.000000529. The summed E-state index contributed by atoms with van der Waals surface area (Å²) in [5, 5.41) is 0. The molecule has 1 heterocycles. The Hall–Kier alpha value is -1.78. The maximum Gasteiger partial charge on any atom is 0.410 e. The Labute approximate surface area is 198 Å². The lowest BCUT2D eigenvalue weighted by Crippen LogP contribution is -2.39. The van der Waals surface area contributed by atoms with E-state index in [-0.39, 0.29) is 29.3 Å². The molecule has 1 aliphatic rings. The van der Waals surface area contributed by atoms with Crippen LogP contribution in [-0.2, 0) is 15.5 Å². The molecule has 1 saturated heterocycles. The first-order chi connectivity index (χ1) is 14.7. The topological polar surface area (TPSA) is 85.1 Å². The van der Waals surface area contributed by atoms with E-state index in [1.165, 1.54) is 19.2 Å². The van der Waals surface area contributed by atoms with Crippen LogP contribution in [0.1, 0.15) is 39.2 Å². The number of carbonyl (C=O) groups is 2. The van der Waals surface area contributed by atoms with E-state index in [4.69, 9.17) is 15.2 Å². The first-order valence-electron chi connectivity index (χ1n) is 10.2. The average molecular weight is 524 g/mol. The third-order valence-corrected chi connectivity index (χ3v) is 4.51. The summed E-state index contributed by atoms with van der Waals surface area (Å²) in [7, 11) is 7.36. The van der Waals surface area contributed by atoms with Gasteiger partial charge in [0.15, 0.2) is 0 Å². The van der Waals surface area contributed by atoms with Gasteiger partial charge in [-0.2, -0.15) is 8.78 Å². The monoisotopic (exact) mass is 523 g/mol. The quantitative estimate of drug-likeness (QED) is 0.593.